The van der Waals surface area contributed by atoms with Gasteiger partial charge in [0.1, 0.15) is 0 Å². The molecule has 2 bridgehead atoms. The van der Waals surface area contributed by atoms with Crippen molar-refractivity contribution in [3.8, 4) is 0 Å². The fourth-order valence-electron chi connectivity index (χ4n) is 5.80. The van der Waals surface area contributed by atoms with Crippen LogP contribution in [0.2, 0.25) is 17.5 Å². The molecule has 3 aliphatic rings. The standard InChI is InChI=1S/C20H33B/c1-15(2)13-14-17-8-4-7-16(3)20(17)21-18-9-5-10-19(21)12-6-11-18/h4,8,13,16-20H,5-7,9-12,14H2,1-3H3/t16-,17?,18?,19?,20-/m1/s1. The summed E-state index contributed by atoms with van der Waals surface area (Å²) in [5.41, 5.74) is 1.49. The molecule has 2 saturated heterocycles. The molecule has 0 amide bonds. The molecule has 0 spiro atoms. The normalized spacial score (nSPS) is 39.2. The molecule has 0 nitrogen and oxygen atoms in total. The lowest BCUT2D eigenvalue weighted by molar-refractivity contribution is 0.371. The van der Waals surface area contributed by atoms with Crippen molar-refractivity contribution in [2.24, 2.45) is 11.8 Å². The van der Waals surface area contributed by atoms with Crippen molar-refractivity contribution >= 4 is 6.71 Å². The lowest BCUT2D eigenvalue weighted by Gasteiger charge is -2.49. The van der Waals surface area contributed by atoms with Crippen molar-refractivity contribution in [2.45, 2.75) is 89.6 Å². The van der Waals surface area contributed by atoms with E-state index in [0.29, 0.717) is 0 Å². The van der Waals surface area contributed by atoms with Crippen LogP contribution in [0.3, 0.4) is 0 Å². The highest BCUT2D eigenvalue weighted by Gasteiger charge is 2.47. The Hall–Kier alpha value is -0.455. The van der Waals surface area contributed by atoms with Gasteiger partial charge in [0.15, 0.2) is 6.71 Å². The highest BCUT2D eigenvalue weighted by molar-refractivity contribution is 6.64. The average Bonchev–Trinajstić information content (AvgIpc) is 2.44. The molecule has 2 fully saturated rings. The molecule has 2 heterocycles. The second-order valence-corrected chi connectivity index (χ2v) is 8.36. The summed E-state index contributed by atoms with van der Waals surface area (Å²) >= 11 is 0. The van der Waals surface area contributed by atoms with Gasteiger partial charge in [-0.05, 0) is 38.5 Å². The summed E-state index contributed by atoms with van der Waals surface area (Å²) in [5, 5.41) is 0. The molecule has 0 N–H and O–H groups in total. The van der Waals surface area contributed by atoms with Gasteiger partial charge >= 0.3 is 0 Å². The quantitative estimate of drug-likeness (QED) is 0.408. The molecule has 0 radical (unpaired) electrons. The lowest BCUT2D eigenvalue weighted by Crippen LogP contribution is -2.43. The van der Waals surface area contributed by atoms with Crippen LogP contribution in [0.1, 0.15) is 72.1 Å². The fourth-order valence-corrected chi connectivity index (χ4v) is 5.80. The van der Waals surface area contributed by atoms with Gasteiger partial charge < -0.3 is 0 Å². The summed E-state index contributed by atoms with van der Waals surface area (Å²) in [5.74, 6) is 4.80. The topological polar surface area (TPSA) is 0 Å². The highest BCUT2D eigenvalue weighted by Crippen LogP contribution is 2.55. The van der Waals surface area contributed by atoms with E-state index < -0.39 is 0 Å². The zero-order chi connectivity index (χ0) is 14.8. The smallest absolute Gasteiger partial charge is 0.0880 e. The van der Waals surface area contributed by atoms with Crippen LogP contribution in [0.25, 0.3) is 0 Å². The fraction of sp³-hybridized carbons (Fsp3) is 0.800. The first-order valence-electron chi connectivity index (χ1n) is 9.47. The van der Waals surface area contributed by atoms with Crippen LogP contribution in [-0.4, -0.2) is 6.71 Å². The van der Waals surface area contributed by atoms with E-state index in [1.165, 1.54) is 56.9 Å². The Morgan fingerprint density at radius 2 is 1.71 bits per heavy atom. The number of hydrogen-bond donors (Lipinski definition) is 0. The summed E-state index contributed by atoms with van der Waals surface area (Å²) in [6.07, 6.45) is 19.3. The zero-order valence-electron chi connectivity index (χ0n) is 14.4. The average molecular weight is 284 g/mol. The first-order chi connectivity index (χ1) is 10.2. The molecule has 0 aromatic heterocycles. The third kappa shape index (κ3) is 3.32. The lowest BCUT2D eigenvalue weighted by atomic mass is 9.19. The summed E-state index contributed by atoms with van der Waals surface area (Å²) in [7, 11) is 0. The molecule has 21 heavy (non-hydrogen) atoms. The monoisotopic (exact) mass is 284 g/mol. The zero-order valence-corrected chi connectivity index (χ0v) is 14.4. The van der Waals surface area contributed by atoms with Gasteiger partial charge in [-0.3, -0.25) is 0 Å². The molecule has 0 aromatic rings. The van der Waals surface area contributed by atoms with Crippen LogP contribution < -0.4 is 0 Å². The maximum absolute atomic E-state index is 2.58. The first kappa shape index (κ1) is 15.4. The van der Waals surface area contributed by atoms with Crippen LogP contribution in [0.5, 0.6) is 0 Å². The van der Waals surface area contributed by atoms with E-state index in [1.54, 1.807) is 0 Å². The van der Waals surface area contributed by atoms with Crippen LogP contribution in [0.4, 0.5) is 0 Å². The Morgan fingerprint density at radius 3 is 2.29 bits per heavy atom. The van der Waals surface area contributed by atoms with Crippen molar-refractivity contribution in [2.75, 3.05) is 0 Å². The van der Waals surface area contributed by atoms with E-state index in [2.05, 4.69) is 39.0 Å². The van der Waals surface area contributed by atoms with Crippen molar-refractivity contribution in [1.29, 1.82) is 0 Å². The molecule has 3 rings (SSSR count). The third-order valence-corrected chi connectivity index (χ3v) is 6.67. The Labute approximate surface area is 132 Å². The van der Waals surface area contributed by atoms with Crippen molar-refractivity contribution < 1.29 is 0 Å². The minimum atomic E-state index is 0.815. The van der Waals surface area contributed by atoms with Crippen LogP contribution in [0.15, 0.2) is 23.8 Å². The molecular formula is C20H33B. The van der Waals surface area contributed by atoms with Crippen molar-refractivity contribution in [3.63, 3.8) is 0 Å². The Bertz CT molecular complexity index is 382. The number of fused-ring (bicyclic) bond motifs is 2. The Kier molecular flexibility index (Phi) is 4.97. The molecule has 1 aliphatic carbocycles. The molecule has 2 aliphatic heterocycles. The molecule has 3 atom stereocenters. The molecular weight excluding hydrogens is 251 g/mol. The van der Waals surface area contributed by atoms with Gasteiger partial charge in [-0.25, -0.2) is 0 Å². The van der Waals surface area contributed by atoms with E-state index in [1.807, 2.05) is 0 Å². The van der Waals surface area contributed by atoms with Gasteiger partial charge in [-0.15, -0.1) is 0 Å². The van der Waals surface area contributed by atoms with Gasteiger partial charge in [0, 0.05) is 0 Å². The van der Waals surface area contributed by atoms with Crippen molar-refractivity contribution in [1.82, 2.24) is 0 Å². The van der Waals surface area contributed by atoms with E-state index in [9.17, 15) is 0 Å². The molecule has 116 valence electrons. The SMILES string of the molecule is CC(C)=CCC1C=CC[C@@H](C)[C@H]1B1C2CCCC1CCC2. The molecule has 1 unspecified atom stereocenters. The Balaban J connectivity index is 1.82. The number of hydrogen-bond acceptors (Lipinski definition) is 0. The van der Waals surface area contributed by atoms with Gasteiger partial charge in [0.2, 0.25) is 0 Å². The maximum Gasteiger partial charge on any atom is 0.150 e. The second kappa shape index (κ2) is 6.76. The minimum absolute atomic E-state index is 0.815. The second-order valence-electron chi connectivity index (χ2n) is 8.36. The van der Waals surface area contributed by atoms with Crippen LogP contribution in [0, 0.1) is 11.8 Å². The molecule has 0 aromatic carbocycles. The highest BCUT2D eigenvalue weighted by atomic mass is 14.3. The Morgan fingerprint density at radius 1 is 1.10 bits per heavy atom. The van der Waals surface area contributed by atoms with Crippen molar-refractivity contribution in [3.05, 3.63) is 23.8 Å². The minimum Gasteiger partial charge on any atom is -0.0880 e. The van der Waals surface area contributed by atoms with Gasteiger partial charge in [0.05, 0.1) is 0 Å². The first-order valence-corrected chi connectivity index (χ1v) is 9.47. The van der Waals surface area contributed by atoms with Crippen LogP contribution >= 0.6 is 0 Å². The summed E-state index contributed by atoms with van der Waals surface area (Å²) in [6.45, 7) is 8.08. The molecule has 0 saturated carbocycles. The van der Waals surface area contributed by atoms with Crippen LogP contribution in [-0.2, 0) is 0 Å². The van der Waals surface area contributed by atoms with E-state index >= 15 is 0 Å². The summed E-state index contributed by atoms with van der Waals surface area (Å²) in [6, 6.07) is 0. The number of rotatable bonds is 3. The summed E-state index contributed by atoms with van der Waals surface area (Å²) in [4.78, 5) is 0. The van der Waals surface area contributed by atoms with E-state index in [0.717, 1.165) is 36.0 Å². The third-order valence-electron chi connectivity index (χ3n) is 6.67. The number of allylic oxidation sites excluding steroid dienone is 4. The largest absolute Gasteiger partial charge is 0.150 e. The van der Waals surface area contributed by atoms with Gasteiger partial charge in [0.25, 0.3) is 0 Å². The predicted molar refractivity (Wildman–Crippen MR) is 95.2 cm³/mol. The van der Waals surface area contributed by atoms with E-state index in [-0.39, 0.29) is 0 Å². The van der Waals surface area contributed by atoms with Gasteiger partial charge in [-0.2, -0.15) is 0 Å². The molecule has 1 heteroatoms. The van der Waals surface area contributed by atoms with E-state index in [4.69, 9.17) is 0 Å². The van der Waals surface area contributed by atoms with Gasteiger partial charge in [-0.1, -0.05) is 86.7 Å². The predicted octanol–water partition coefficient (Wildman–Crippen LogP) is 6.53. The summed E-state index contributed by atoms with van der Waals surface area (Å²) < 4.78 is 0. The maximum atomic E-state index is 2.58.